The molecule has 0 aromatic carbocycles. The molecule has 2 saturated heterocycles. The molecule has 0 aliphatic carbocycles. The Hall–Kier alpha value is -0.970. The van der Waals surface area contributed by atoms with Gasteiger partial charge in [-0.15, -0.1) is 0 Å². The van der Waals surface area contributed by atoms with Gasteiger partial charge < -0.3 is 9.47 Å². The number of hydrogen-bond acceptors (Lipinski definition) is 4. The number of hydrogen-bond donors (Lipinski definition) is 0. The van der Waals surface area contributed by atoms with Crippen molar-refractivity contribution in [2.75, 3.05) is 6.61 Å². The second-order valence-electron chi connectivity index (χ2n) is 3.88. The minimum absolute atomic E-state index is 0.0220. The molecule has 2 aliphatic heterocycles. The van der Waals surface area contributed by atoms with Crippen LogP contribution in [0.15, 0.2) is 0 Å². The number of rotatable bonds is 2. The highest BCUT2D eigenvalue weighted by Crippen LogP contribution is 2.40. The summed E-state index contributed by atoms with van der Waals surface area (Å²) in [6, 6.07) is 0. The van der Waals surface area contributed by atoms with Gasteiger partial charge in [-0.2, -0.15) is 0 Å². The van der Waals surface area contributed by atoms with Crippen LogP contribution in [0.4, 0.5) is 4.39 Å². The topological polar surface area (TPSA) is 52.6 Å². The number of halogens is 1. The number of carbonyl (C=O) groups is 2. The van der Waals surface area contributed by atoms with Gasteiger partial charge in [0.1, 0.15) is 6.10 Å². The van der Waals surface area contributed by atoms with Crippen molar-refractivity contribution in [3.8, 4) is 0 Å². The molecule has 2 heterocycles. The lowest BCUT2D eigenvalue weighted by Crippen LogP contribution is -2.56. The van der Waals surface area contributed by atoms with E-state index in [1.807, 2.05) is 0 Å². The summed E-state index contributed by atoms with van der Waals surface area (Å²) in [7, 11) is 0. The summed E-state index contributed by atoms with van der Waals surface area (Å²) in [6.07, 6.45) is -0.123. The summed E-state index contributed by atoms with van der Waals surface area (Å²) in [6.45, 7) is 1.64. The Morgan fingerprint density at radius 1 is 1.67 bits per heavy atom. The average Bonchev–Trinajstić information content (AvgIpc) is 2.60. The first-order valence-electron chi connectivity index (χ1n) is 5.14. The van der Waals surface area contributed by atoms with Crippen LogP contribution in [0.1, 0.15) is 26.2 Å². The zero-order valence-electron chi connectivity index (χ0n) is 8.49. The van der Waals surface area contributed by atoms with Gasteiger partial charge in [-0.05, 0) is 19.8 Å². The van der Waals surface area contributed by atoms with E-state index in [-0.39, 0.29) is 19.1 Å². The Morgan fingerprint density at radius 3 is 3.07 bits per heavy atom. The molecule has 0 radical (unpaired) electrons. The molecule has 0 aromatic rings. The molecular formula is C10H13FO4. The standard InChI is InChI=1S/C10H13FO4/c1-2-14-9(13)10(11)7(12)5-6-3-4-8(10)15-6/h6,8H,2-5H2,1H3/t6-,8+,10-/m0/s1. The average molecular weight is 216 g/mol. The summed E-state index contributed by atoms with van der Waals surface area (Å²) >= 11 is 0. The van der Waals surface area contributed by atoms with Gasteiger partial charge in [0, 0.05) is 6.42 Å². The number of carbonyl (C=O) groups excluding carboxylic acids is 2. The molecule has 2 fully saturated rings. The van der Waals surface area contributed by atoms with Crippen LogP contribution >= 0.6 is 0 Å². The van der Waals surface area contributed by atoms with Crippen molar-refractivity contribution in [1.29, 1.82) is 0 Å². The Balaban J connectivity index is 2.24. The monoisotopic (exact) mass is 216 g/mol. The number of alkyl halides is 1. The van der Waals surface area contributed by atoms with Crippen LogP contribution in [0.3, 0.4) is 0 Å². The fraction of sp³-hybridized carbons (Fsp3) is 0.800. The lowest BCUT2D eigenvalue weighted by atomic mass is 9.90. The molecule has 2 bridgehead atoms. The Labute approximate surface area is 86.7 Å². The molecule has 5 heteroatoms. The van der Waals surface area contributed by atoms with Gasteiger partial charge in [-0.3, -0.25) is 4.79 Å². The van der Waals surface area contributed by atoms with E-state index in [1.54, 1.807) is 6.92 Å². The maximum Gasteiger partial charge on any atom is 0.354 e. The number of ether oxygens (including phenoxy) is 2. The number of Topliss-reactive ketones (excluding diaryl/α,β-unsaturated/α-hetero) is 1. The van der Waals surface area contributed by atoms with Crippen LogP contribution in [0.5, 0.6) is 0 Å². The largest absolute Gasteiger partial charge is 0.463 e. The second kappa shape index (κ2) is 3.56. The molecule has 0 aromatic heterocycles. The quantitative estimate of drug-likeness (QED) is 0.505. The van der Waals surface area contributed by atoms with Gasteiger partial charge >= 0.3 is 5.97 Å². The van der Waals surface area contributed by atoms with Crippen molar-refractivity contribution in [3.63, 3.8) is 0 Å². The summed E-state index contributed by atoms with van der Waals surface area (Å²) in [5.74, 6) is -1.79. The highest BCUT2D eigenvalue weighted by molar-refractivity contribution is 6.08. The fourth-order valence-corrected chi connectivity index (χ4v) is 2.16. The third kappa shape index (κ3) is 1.45. The molecule has 2 rings (SSSR count). The highest BCUT2D eigenvalue weighted by atomic mass is 19.1. The molecule has 0 spiro atoms. The van der Waals surface area contributed by atoms with E-state index in [0.717, 1.165) is 0 Å². The van der Waals surface area contributed by atoms with Crippen molar-refractivity contribution in [2.45, 2.75) is 44.1 Å². The summed E-state index contributed by atoms with van der Waals surface area (Å²) in [5.41, 5.74) is -2.57. The number of fused-ring (bicyclic) bond motifs is 2. The van der Waals surface area contributed by atoms with Gasteiger partial charge in [0.05, 0.1) is 12.7 Å². The molecule has 2 aliphatic rings. The molecule has 4 nitrogen and oxygen atoms in total. The molecule has 15 heavy (non-hydrogen) atoms. The molecule has 84 valence electrons. The minimum Gasteiger partial charge on any atom is -0.463 e. The summed E-state index contributed by atoms with van der Waals surface area (Å²) in [4.78, 5) is 23.0. The van der Waals surface area contributed by atoms with Crippen molar-refractivity contribution < 1.29 is 23.5 Å². The van der Waals surface area contributed by atoms with Crippen molar-refractivity contribution >= 4 is 11.8 Å². The lowest BCUT2D eigenvalue weighted by molar-refractivity contribution is -0.181. The summed E-state index contributed by atoms with van der Waals surface area (Å²) in [5, 5.41) is 0. The molecule has 3 atom stereocenters. The lowest BCUT2D eigenvalue weighted by Gasteiger charge is -2.31. The van der Waals surface area contributed by atoms with Crippen LogP contribution in [-0.4, -0.2) is 36.2 Å². The first-order valence-corrected chi connectivity index (χ1v) is 5.14. The SMILES string of the molecule is CCOC(=O)[C@]1(F)C(=O)C[C@@H]2CC[C@H]1O2. The Kier molecular flexibility index (Phi) is 2.50. The second-order valence-corrected chi connectivity index (χ2v) is 3.88. The number of esters is 1. The van der Waals surface area contributed by atoms with E-state index < -0.39 is 23.5 Å². The van der Waals surface area contributed by atoms with E-state index in [9.17, 15) is 14.0 Å². The van der Waals surface area contributed by atoms with Gasteiger partial charge in [0.15, 0.2) is 5.78 Å². The van der Waals surface area contributed by atoms with Crippen LogP contribution < -0.4 is 0 Å². The van der Waals surface area contributed by atoms with Gasteiger partial charge in [-0.1, -0.05) is 0 Å². The fourth-order valence-electron chi connectivity index (χ4n) is 2.16. The van der Waals surface area contributed by atoms with E-state index in [2.05, 4.69) is 4.74 Å². The maximum atomic E-state index is 14.3. The third-order valence-electron chi connectivity index (χ3n) is 2.94. The molecule has 0 unspecified atom stereocenters. The van der Waals surface area contributed by atoms with E-state index >= 15 is 0 Å². The molecule has 0 amide bonds. The van der Waals surface area contributed by atoms with E-state index in [1.165, 1.54) is 0 Å². The molecule has 0 N–H and O–H groups in total. The number of ketones is 1. The van der Waals surface area contributed by atoms with Crippen molar-refractivity contribution in [2.24, 2.45) is 0 Å². The van der Waals surface area contributed by atoms with Gasteiger partial charge in [0.2, 0.25) is 0 Å². The van der Waals surface area contributed by atoms with Crippen LogP contribution in [0, 0.1) is 0 Å². The summed E-state index contributed by atoms with van der Waals surface area (Å²) < 4.78 is 24.1. The third-order valence-corrected chi connectivity index (χ3v) is 2.94. The van der Waals surface area contributed by atoms with E-state index in [4.69, 9.17) is 4.74 Å². The Bertz CT molecular complexity index is 304. The van der Waals surface area contributed by atoms with Crippen LogP contribution in [0.25, 0.3) is 0 Å². The van der Waals surface area contributed by atoms with Gasteiger partial charge in [0.25, 0.3) is 5.67 Å². The van der Waals surface area contributed by atoms with Crippen molar-refractivity contribution in [1.82, 2.24) is 0 Å². The maximum absolute atomic E-state index is 14.3. The van der Waals surface area contributed by atoms with Crippen molar-refractivity contribution in [3.05, 3.63) is 0 Å². The Morgan fingerprint density at radius 2 is 2.40 bits per heavy atom. The molecule has 0 saturated carbocycles. The smallest absolute Gasteiger partial charge is 0.354 e. The van der Waals surface area contributed by atoms with Gasteiger partial charge in [-0.25, -0.2) is 9.18 Å². The zero-order valence-corrected chi connectivity index (χ0v) is 8.49. The van der Waals surface area contributed by atoms with Crippen LogP contribution in [-0.2, 0) is 19.1 Å². The minimum atomic E-state index is -2.57. The predicted molar refractivity (Wildman–Crippen MR) is 48.0 cm³/mol. The zero-order chi connectivity index (χ0) is 11.1. The van der Waals surface area contributed by atoms with E-state index in [0.29, 0.717) is 12.8 Å². The predicted octanol–water partition coefficient (Wildman–Crippen LogP) is 0.778. The first kappa shape index (κ1) is 10.5. The normalized spacial score (nSPS) is 39.2. The van der Waals surface area contributed by atoms with Crippen LogP contribution in [0.2, 0.25) is 0 Å². The molecular weight excluding hydrogens is 203 g/mol. The highest BCUT2D eigenvalue weighted by Gasteiger charge is 2.61. The first-order chi connectivity index (χ1) is 7.09.